The molecule has 23 heavy (non-hydrogen) atoms. The van der Waals surface area contributed by atoms with Gasteiger partial charge in [-0.15, -0.1) is 10.2 Å². The highest BCUT2D eigenvalue weighted by Gasteiger charge is 2.10. The molecule has 2 aromatic heterocycles. The zero-order chi connectivity index (χ0) is 16.4. The van der Waals surface area contributed by atoms with Crippen LogP contribution in [0.25, 0.3) is 11.0 Å². The number of nitrogens with one attached hydrogen (secondary N) is 1. The summed E-state index contributed by atoms with van der Waals surface area (Å²) in [6, 6.07) is 5.04. The summed E-state index contributed by atoms with van der Waals surface area (Å²) in [4.78, 5) is 23.5. The maximum absolute atomic E-state index is 12.1. The highest BCUT2D eigenvalue weighted by atomic mass is 16.4. The third-order valence-electron chi connectivity index (χ3n) is 3.63. The third kappa shape index (κ3) is 3.28. The summed E-state index contributed by atoms with van der Waals surface area (Å²) in [6.07, 6.45) is 3.46. The zero-order valence-electron chi connectivity index (χ0n) is 12.9. The molecule has 0 aliphatic heterocycles. The summed E-state index contributed by atoms with van der Waals surface area (Å²) in [5, 5.41) is 11.1. The monoisotopic (exact) mass is 312 g/mol. The lowest BCUT2D eigenvalue weighted by Crippen LogP contribution is -2.15. The van der Waals surface area contributed by atoms with Crippen molar-refractivity contribution < 1.29 is 9.21 Å². The molecule has 1 aromatic carbocycles. The van der Waals surface area contributed by atoms with Gasteiger partial charge in [0.2, 0.25) is 5.91 Å². The predicted octanol–water partition coefficient (Wildman–Crippen LogP) is 2.03. The first kappa shape index (κ1) is 15.0. The number of rotatable bonds is 4. The maximum atomic E-state index is 12.1. The molecule has 3 aromatic rings. The van der Waals surface area contributed by atoms with E-state index in [0.29, 0.717) is 24.2 Å². The number of hydrogen-bond donors (Lipinski definition) is 1. The van der Waals surface area contributed by atoms with Crippen molar-refractivity contribution in [1.29, 1.82) is 0 Å². The van der Waals surface area contributed by atoms with E-state index in [0.717, 1.165) is 16.5 Å². The predicted molar refractivity (Wildman–Crippen MR) is 85.2 cm³/mol. The van der Waals surface area contributed by atoms with Crippen molar-refractivity contribution in [2.24, 2.45) is 0 Å². The first-order valence-electron chi connectivity index (χ1n) is 7.20. The van der Waals surface area contributed by atoms with Gasteiger partial charge in [0.05, 0.1) is 0 Å². The standard InChI is InChI=1S/C16H16N4O3/c1-10-6-16(22)23-14-5-11(2)13(7-12(10)14)19-15(21)3-4-20-8-17-18-9-20/h5-9H,3-4H2,1-2H3,(H,19,21). The molecule has 2 heterocycles. The second-order valence-electron chi connectivity index (χ2n) is 5.41. The van der Waals surface area contributed by atoms with Crippen LogP contribution < -0.4 is 10.9 Å². The van der Waals surface area contributed by atoms with E-state index in [1.165, 1.54) is 6.07 Å². The molecule has 1 amide bonds. The van der Waals surface area contributed by atoms with Crippen molar-refractivity contribution in [3.63, 3.8) is 0 Å². The molecular formula is C16H16N4O3. The highest BCUT2D eigenvalue weighted by molar-refractivity contribution is 5.95. The van der Waals surface area contributed by atoms with Crippen LogP contribution in [0.1, 0.15) is 17.5 Å². The quantitative estimate of drug-likeness (QED) is 0.744. The van der Waals surface area contributed by atoms with Crippen LogP contribution in [0, 0.1) is 13.8 Å². The Kier molecular flexibility index (Phi) is 3.92. The molecule has 7 heteroatoms. The highest BCUT2D eigenvalue weighted by Crippen LogP contribution is 2.25. The average molecular weight is 312 g/mol. The third-order valence-corrected chi connectivity index (χ3v) is 3.63. The van der Waals surface area contributed by atoms with E-state index in [-0.39, 0.29) is 11.5 Å². The Morgan fingerprint density at radius 1 is 1.17 bits per heavy atom. The van der Waals surface area contributed by atoms with Crippen molar-refractivity contribution in [2.45, 2.75) is 26.8 Å². The molecule has 0 unspecified atom stereocenters. The number of carbonyl (C=O) groups excluding carboxylic acids is 1. The number of anilines is 1. The molecule has 0 fully saturated rings. The van der Waals surface area contributed by atoms with Gasteiger partial charge in [-0.1, -0.05) is 0 Å². The summed E-state index contributed by atoms with van der Waals surface area (Å²) >= 11 is 0. The van der Waals surface area contributed by atoms with E-state index in [1.807, 2.05) is 19.9 Å². The molecule has 0 saturated heterocycles. The van der Waals surface area contributed by atoms with Crippen molar-refractivity contribution in [3.8, 4) is 0 Å². The van der Waals surface area contributed by atoms with Crippen LogP contribution in [0.3, 0.4) is 0 Å². The summed E-state index contributed by atoms with van der Waals surface area (Å²) in [5.41, 5.74) is 2.51. The summed E-state index contributed by atoms with van der Waals surface area (Å²) in [5.74, 6) is -0.101. The number of nitrogens with zero attached hydrogens (tertiary/aromatic N) is 3. The van der Waals surface area contributed by atoms with E-state index in [9.17, 15) is 9.59 Å². The fourth-order valence-electron chi connectivity index (χ4n) is 2.38. The van der Waals surface area contributed by atoms with Gasteiger partial charge in [-0.05, 0) is 37.1 Å². The van der Waals surface area contributed by atoms with Gasteiger partial charge in [-0.25, -0.2) is 4.79 Å². The van der Waals surface area contributed by atoms with Crippen LogP contribution in [0.15, 0.2) is 40.1 Å². The smallest absolute Gasteiger partial charge is 0.336 e. The van der Waals surface area contributed by atoms with Gasteiger partial charge in [0.1, 0.15) is 18.2 Å². The summed E-state index contributed by atoms with van der Waals surface area (Å²) in [7, 11) is 0. The summed E-state index contributed by atoms with van der Waals surface area (Å²) in [6.45, 7) is 4.21. The van der Waals surface area contributed by atoms with E-state index < -0.39 is 0 Å². The Balaban J connectivity index is 1.80. The molecule has 0 saturated carbocycles. The van der Waals surface area contributed by atoms with E-state index in [1.54, 1.807) is 23.3 Å². The minimum atomic E-state index is -0.375. The fourth-order valence-corrected chi connectivity index (χ4v) is 2.38. The zero-order valence-corrected chi connectivity index (χ0v) is 12.9. The Labute approximate surface area is 131 Å². The topological polar surface area (TPSA) is 90.0 Å². The Bertz CT molecular complexity index is 913. The second kappa shape index (κ2) is 6.04. The SMILES string of the molecule is Cc1cc2oc(=O)cc(C)c2cc1NC(=O)CCn1cnnc1. The number of aromatic nitrogens is 3. The van der Waals surface area contributed by atoms with Crippen LogP contribution in [-0.4, -0.2) is 20.7 Å². The van der Waals surface area contributed by atoms with Gasteiger partial charge in [-0.2, -0.15) is 0 Å². The van der Waals surface area contributed by atoms with Crippen LogP contribution in [-0.2, 0) is 11.3 Å². The Morgan fingerprint density at radius 2 is 1.91 bits per heavy atom. The number of amides is 1. The number of aryl methyl sites for hydroxylation is 3. The van der Waals surface area contributed by atoms with Gasteiger partial charge >= 0.3 is 5.63 Å². The number of carbonyl (C=O) groups is 1. The molecule has 0 atom stereocenters. The molecule has 3 rings (SSSR count). The summed E-state index contributed by atoms with van der Waals surface area (Å²) < 4.78 is 6.94. The molecule has 7 nitrogen and oxygen atoms in total. The van der Waals surface area contributed by atoms with E-state index >= 15 is 0 Å². The number of benzene rings is 1. The molecule has 1 N–H and O–H groups in total. The van der Waals surface area contributed by atoms with Crippen LogP contribution in [0.2, 0.25) is 0 Å². The molecule has 0 radical (unpaired) electrons. The van der Waals surface area contributed by atoms with Gasteiger partial charge in [-0.3, -0.25) is 4.79 Å². The molecular weight excluding hydrogens is 296 g/mol. The first-order valence-corrected chi connectivity index (χ1v) is 7.20. The van der Waals surface area contributed by atoms with Gasteiger partial charge in [0.25, 0.3) is 0 Å². The van der Waals surface area contributed by atoms with Gasteiger partial charge in [0, 0.05) is 30.1 Å². The number of fused-ring (bicyclic) bond motifs is 1. The van der Waals surface area contributed by atoms with Crippen LogP contribution in [0.5, 0.6) is 0 Å². The lowest BCUT2D eigenvalue weighted by Gasteiger charge is -2.10. The fraction of sp³-hybridized carbons (Fsp3) is 0.250. The van der Waals surface area contributed by atoms with Gasteiger partial charge in [0.15, 0.2) is 0 Å². The largest absolute Gasteiger partial charge is 0.423 e. The normalized spacial score (nSPS) is 10.9. The minimum Gasteiger partial charge on any atom is -0.423 e. The minimum absolute atomic E-state index is 0.101. The molecule has 118 valence electrons. The van der Waals surface area contributed by atoms with Gasteiger partial charge < -0.3 is 14.3 Å². The average Bonchev–Trinajstić information content (AvgIpc) is 3.00. The van der Waals surface area contributed by atoms with Crippen LogP contribution >= 0.6 is 0 Å². The molecule has 0 aliphatic carbocycles. The second-order valence-corrected chi connectivity index (χ2v) is 5.41. The van der Waals surface area contributed by atoms with Crippen molar-refractivity contribution in [2.75, 3.05) is 5.32 Å². The van der Waals surface area contributed by atoms with Crippen molar-refractivity contribution in [3.05, 3.63) is 52.4 Å². The molecule has 0 aliphatic rings. The van der Waals surface area contributed by atoms with Crippen LogP contribution in [0.4, 0.5) is 5.69 Å². The van der Waals surface area contributed by atoms with E-state index in [4.69, 9.17) is 4.42 Å². The lowest BCUT2D eigenvalue weighted by molar-refractivity contribution is -0.116. The van der Waals surface area contributed by atoms with Crippen molar-refractivity contribution >= 4 is 22.6 Å². The first-order chi connectivity index (χ1) is 11.0. The lowest BCUT2D eigenvalue weighted by atomic mass is 10.1. The Hall–Kier alpha value is -2.96. The molecule has 0 spiro atoms. The number of hydrogen-bond acceptors (Lipinski definition) is 5. The Morgan fingerprint density at radius 3 is 2.65 bits per heavy atom. The van der Waals surface area contributed by atoms with Crippen molar-refractivity contribution in [1.82, 2.24) is 14.8 Å². The molecule has 0 bridgehead atoms. The maximum Gasteiger partial charge on any atom is 0.336 e. The van der Waals surface area contributed by atoms with E-state index in [2.05, 4.69) is 15.5 Å².